The Morgan fingerprint density at radius 3 is 2.86 bits per heavy atom. The number of thiophene rings is 1. The highest BCUT2D eigenvalue weighted by Crippen LogP contribution is 2.39. The average Bonchev–Trinajstić information content (AvgIpc) is 2.62. The Labute approximate surface area is 84.5 Å². The maximum Gasteiger partial charge on any atom is 0.175 e. The third-order valence-electron chi connectivity index (χ3n) is 2.04. The molecule has 0 aliphatic heterocycles. The van der Waals surface area contributed by atoms with E-state index < -0.39 is 0 Å². The molecule has 0 radical (unpaired) electrons. The molecular formula is C10H7NO2S. The van der Waals surface area contributed by atoms with Crippen molar-refractivity contribution >= 4 is 21.4 Å². The second kappa shape index (κ2) is 3.20. The Bertz CT molecular complexity index is 525. The van der Waals surface area contributed by atoms with Crippen LogP contribution >= 0.6 is 11.3 Å². The van der Waals surface area contributed by atoms with E-state index in [1.54, 1.807) is 6.07 Å². The first kappa shape index (κ1) is 8.85. The van der Waals surface area contributed by atoms with Gasteiger partial charge in [0.2, 0.25) is 0 Å². The van der Waals surface area contributed by atoms with E-state index >= 15 is 0 Å². The summed E-state index contributed by atoms with van der Waals surface area (Å²) in [5.74, 6) is -0.302. The van der Waals surface area contributed by atoms with Crippen molar-refractivity contribution in [2.45, 2.75) is 6.42 Å². The van der Waals surface area contributed by atoms with Gasteiger partial charge in [0.1, 0.15) is 0 Å². The monoisotopic (exact) mass is 205 g/mol. The van der Waals surface area contributed by atoms with Crippen LogP contribution in [0.3, 0.4) is 0 Å². The van der Waals surface area contributed by atoms with E-state index in [0.717, 1.165) is 5.39 Å². The average molecular weight is 205 g/mol. The molecule has 0 saturated carbocycles. The highest BCUT2D eigenvalue weighted by Gasteiger charge is 2.11. The third-order valence-corrected chi connectivity index (χ3v) is 2.98. The van der Waals surface area contributed by atoms with Gasteiger partial charge in [-0.15, -0.1) is 11.3 Å². The van der Waals surface area contributed by atoms with Crippen LogP contribution in [0.15, 0.2) is 17.5 Å². The molecular weight excluding hydrogens is 198 g/mol. The fraction of sp³-hybridized carbons (Fsp3) is 0.100. The van der Waals surface area contributed by atoms with E-state index in [1.807, 2.05) is 17.5 Å². The summed E-state index contributed by atoms with van der Waals surface area (Å²) in [6, 6.07) is 5.51. The van der Waals surface area contributed by atoms with Gasteiger partial charge < -0.3 is 10.2 Å². The molecule has 0 fully saturated rings. The molecule has 2 rings (SSSR count). The van der Waals surface area contributed by atoms with Gasteiger partial charge in [0.15, 0.2) is 11.5 Å². The summed E-state index contributed by atoms with van der Waals surface area (Å²) in [5, 5.41) is 30.4. The molecule has 1 heterocycles. The summed E-state index contributed by atoms with van der Waals surface area (Å²) >= 11 is 1.36. The van der Waals surface area contributed by atoms with Gasteiger partial charge in [0.25, 0.3) is 0 Å². The largest absolute Gasteiger partial charge is 0.504 e. The molecule has 1 aromatic heterocycles. The van der Waals surface area contributed by atoms with Crippen molar-refractivity contribution in [3.05, 3.63) is 23.1 Å². The first-order valence-electron chi connectivity index (χ1n) is 4.02. The summed E-state index contributed by atoms with van der Waals surface area (Å²) in [6.45, 7) is 0. The number of hydrogen-bond acceptors (Lipinski definition) is 4. The van der Waals surface area contributed by atoms with Gasteiger partial charge >= 0.3 is 0 Å². The predicted molar refractivity (Wildman–Crippen MR) is 54.5 cm³/mol. The fourth-order valence-corrected chi connectivity index (χ4v) is 2.18. The van der Waals surface area contributed by atoms with Crippen LogP contribution < -0.4 is 0 Å². The highest BCUT2D eigenvalue weighted by molar-refractivity contribution is 7.17. The van der Waals surface area contributed by atoms with Crippen LogP contribution in [0.2, 0.25) is 0 Å². The minimum absolute atomic E-state index is 0.102. The lowest BCUT2D eigenvalue weighted by molar-refractivity contribution is 0.405. The van der Waals surface area contributed by atoms with Gasteiger partial charge in [0.05, 0.1) is 17.2 Å². The summed E-state index contributed by atoms with van der Waals surface area (Å²) in [6.07, 6.45) is 0.102. The number of fused-ring (bicyclic) bond motifs is 1. The minimum atomic E-state index is -0.179. The van der Waals surface area contributed by atoms with Crippen molar-refractivity contribution in [1.29, 1.82) is 5.26 Å². The third kappa shape index (κ3) is 1.19. The van der Waals surface area contributed by atoms with E-state index in [0.29, 0.717) is 10.3 Å². The number of benzene rings is 1. The van der Waals surface area contributed by atoms with E-state index in [2.05, 4.69) is 0 Å². The van der Waals surface area contributed by atoms with E-state index in [1.165, 1.54) is 11.3 Å². The molecule has 0 aliphatic rings. The number of nitrogens with zero attached hydrogens (tertiary/aromatic N) is 1. The Balaban J connectivity index is 2.75. The topological polar surface area (TPSA) is 64.2 Å². The SMILES string of the molecule is N#CCc1cc2ccsc2c(O)c1O. The summed E-state index contributed by atoms with van der Waals surface area (Å²) in [4.78, 5) is 0. The van der Waals surface area contributed by atoms with Crippen molar-refractivity contribution < 1.29 is 10.2 Å². The minimum Gasteiger partial charge on any atom is -0.504 e. The van der Waals surface area contributed by atoms with Gasteiger partial charge in [0, 0.05) is 5.56 Å². The van der Waals surface area contributed by atoms with Gasteiger partial charge in [-0.25, -0.2) is 0 Å². The number of phenolic OH excluding ortho intramolecular Hbond substituents is 2. The van der Waals surface area contributed by atoms with Crippen LogP contribution in [0, 0.1) is 11.3 Å². The molecule has 0 amide bonds. The lowest BCUT2D eigenvalue weighted by atomic mass is 10.1. The number of phenols is 2. The molecule has 2 N–H and O–H groups in total. The number of nitriles is 1. The first-order valence-corrected chi connectivity index (χ1v) is 4.90. The zero-order chi connectivity index (χ0) is 10.1. The van der Waals surface area contributed by atoms with Crippen molar-refractivity contribution in [3.63, 3.8) is 0 Å². The Kier molecular flexibility index (Phi) is 2.02. The smallest absolute Gasteiger partial charge is 0.175 e. The number of rotatable bonds is 1. The molecule has 14 heavy (non-hydrogen) atoms. The maximum absolute atomic E-state index is 9.61. The zero-order valence-corrected chi connectivity index (χ0v) is 8.01. The van der Waals surface area contributed by atoms with Crippen LogP contribution in [0.1, 0.15) is 5.56 Å². The van der Waals surface area contributed by atoms with Crippen LogP contribution in [-0.4, -0.2) is 10.2 Å². The molecule has 70 valence electrons. The van der Waals surface area contributed by atoms with Crippen LogP contribution in [-0.2, 0) is 6.42 Å². The van der Waals surface area contributed by atoms with Gasteiger partial charge in [-0.1, -0.05) is 0 Å². The molecule has 0 bridgehead atoms. The molecule has 0 saturated heterocycles. The molecule has 0 atom stereocenters. The quantitative estimate of drug-likeness (QED) is 0.702. The second-order valence-corrected chi connectivity index (χ2v) is 3.82. The Hall–Kier alpha value is -1.73. The van der Waals surface area contributed by atoms with Gasteiger partial charge in [-0.3, -0.25) is 0 Å². The highest BCUT2D eigenvalue weighted by atomic mass is 32.1. The normalized spacial score (nSPS) is 10.2. The summed E-state index contributed by atoms with van der Waals surface area (Å²) < 4.78 is 0.657. The van der Waals surface area contributed by atoms with Crippen LogP contribution in [0.4, 0.5) is 0 Å². The standard InChI is InChI=1S/C10H7NO2S/c11-3-1-6-5-7-2-4-14-10(7)9(13)8(6)12/h2,4-5,12-13H,1H2. The zero-order valence-electron chi connectivity index (χ0n) is 7.19. The molecule has 2 aromatic rings. The van der Waals surface area contributed by atoms with Crippen molar-refractivity contribution in [3.8, 4) is 17.6 Å². The number of aromatic hydroxyl groups is 2. The predicted octanol–water partition coefficient (Wildman–Crippen LogP) is 2.38. The maximum atomic E-state index is 9.61. The number of hydrogen-bond donors (Lipinski definition) is 2. The lowest BCUT2D eigenvalue weighted by Gasteiger charge is -2.03. The van der Waals surface area contributed by atoms with E-state index in [9.17, 15) is 10.2 Å². The fourth-order valence-electron chi connectivity index (χ4n) is 1.36. The molecule has 0 unspecified atom stereocenters. The Morgan fingerprint density at radius 2 is 2.14 bits per heavy atom. The molecule has 4 heteroatoms. The van der Waals surface area contributed by atoms with Gasteiger partial charge in [-0.05, 0) is 22.9 Å². The van der Waals surface area contributed by atoms with E-state index in [4.69, 9.17) is 5.26 Å². The molecule has 3 nitrogen and oxygen atoms in total. The lowest BCUT2D eigenvalue weighted by Crippen LogP contribution is -1.83. The molecule has 0 aliphatic carbocycles. The van der Waals surface area contributed by atoms with Crippen molar-refractivity contribution in [2.75, 3.05) is 0 Å². The van der Waals surface area contributed by atoms with Crippen LogP contribution in [0.25, 0.3) is 10.1 Å². The summed E-state index contributed by atoms with van der Waals surface area (Å²) in [5.41, 5.74) is 0.468. The van der Waals surface area contributed by atoms with E-state index in [-0.39, 0.29) is 17.9 Å². The second-order valence-electron chi connectivity index (χ2n) is 2.91. The Morgan fingerprint density at radius 1 is 1.36 bits per heavy atom. The van der Waals surface area contributed by atoms with Crippen LogP contribution in [0.5, 0.6) is 11.5 Å². The molecule has 0 spiro atoms. The summed E-state index contributed by atoms with van der Waals surface area (Å²) in [7, 11) is 0. The molecule has 1 aromatic carbocycles. The van der Waals surface area contributed by atoms with Gasteiger partial charge in [-0.2, -0.15) is 5.26 Å². The van der Waals surface area contributed by atoms with Crippen molar-refractivity contribution in [2.24, 2.45) is 0 Å². The van der Waals surface area contributed by atoms with Crippen molar-refractivity contribution in [1.82, 2.24) is 0 Å². The first-order chi connectivity index (χ1) is 6.74.